The number of carbonyl (C=O) groups is 1. The van der Waals surface area contributed by atoms with Gasteiger partial charge < -0.3 is 14.9 Å². The van der Waals surface area contributed by atoms with Crippen molar-refractivity contribution in [2.24, 2.45) is 0 Å². The molecule has 0 aliphatic heterocycles. The summed E-state index contributed by atoms with van der Waals surface area (Å²) < 4.78 is 5.25. The van der Waals surface area contributed by atoms with Crippen LogP contribution in [0.3, 0.4) is 0 Å². The molecule has 1 heterocycles. The molecule has 24 heavy (non-hydrogen) atoms. The largest absolute Gasteiger partial charge is 0.452 e. The molecule has 7 nitrogen and oxygen atoms in total. The number of imidazole rings is 1. The van der Waals surface area contributed by atoms with Crippen LogP contribution in [0.1, 0.15) is 90.0 Å². The van der Waals surface area contributed by atoms with Crippen molar-refractivity contribution in [2.45, 2.75) is 84.2 Å². The summed E-state index contributed by atoms with van der Waals surface area (Å²) in [5.74, 6) is -0.196. The first kappa shape index (κ1) is 20.1. The number of H-pyrrole nitrogens is 1. The number of nitro groups is 1. The molecule has 1 N–H and O–H groups in total. The number of nitrogens with zero attached hydrogens (tertiary/aromatic N) is 2. The summed E-state index contributed by atoms with van der Waals surface area (Å²) in [6.07, 6.45) is 11.6. The summed E-state index contributed by atoms with van der Waals surface area (Å²) in [4.78, 5) is 28.2. The second-order valence-electron chi connectivity index (χ2n) is 6.12. The first-order valence-electron chi connectivity index (χ1n) is 8.93. The standard InChI is InChI=1S/C17H29N3O4/c1-3-4-5-6-7-8-9-10-11-12-16(21)24-14(2)17-18-13-15(19-17)20(22)23/h13-14H,3-12H2,1-2H3,(H,18,19). The molecular formula is C17H29N3O4. The summed E-state index contributed by atoms with van der Waals surface area (Å²) in [6.45, 7) is 3.86. The van der Waals surface area contributed by atoms with E-state index in [1.54, 1.807) is 6.92 Å². The van der Waals surface area contributed by atoms with Crippen molar-refractivity contribution >= 4 is 11.8 Å². The minimum absolute atomic E-state index is 0.202. The minimum atomic E-state index is -0.607. The summed E-state index contributed by atoms with van der Waals surface area (Å²) in [7, 11) is 0. The van der Waals surface area contributed by atoms with E-state index in [0.717, 1.165) is 25.5 Å². The van der Waals surface area contributed by atoms with Crippen LogP contribution in [-0.4, -0.2) is 20.9 Å². The number of carbonyl (C=O) groups excluding carboxylic acids is 1. The number of hydrogen-bond acceptors (Lipinski definition) is 5. The Hall–Kier alpha value is -1.92. The molecule has 0 fully saturated rings. The molecule has 1 rings (SSSR count). The maximum Gasteiger partial charge on any atom is 0.340 e. The van der Waals surface area contributed by atoms with Gasteiger partial charge >= 0.3 is 11.8 Å². The van der Waals surface area contributed by atoms with E-state index < -0.39 is 11.0 Å². The molecule has 0 radical (unpaired) electrons. The van der Waals surface area contributed by atoms with E-state index in [1.807, 2.05) is 0 Å². The molecule has 136 valence electrons. The van der Waals surface area contributed by atoms with Crippen molar-refractivity contribution in [1.82, 2.24) is 9.97 Å². The number of nitrogens with one attached hydrogen (secondary N) is 1. The molecule has 0 saturated carbocycles. The number of unbranched alkanes of at least 4 members (excludes halogenated alkanes) is 8. The Kier molecular flexibility index (Phi) is 9.72. The van der Waals surface area contributed by atoms with Gasteiger partial charge in [-0.2, -0.15) is 0 Å². The second-order valence-corrected chi connectivity index (χ2v) is 6.12. The molecule has 1 atom stereocenters. The van der Waals surface area contributed by atoms with E-state index in [0.29, 0.717) is 12.2 Å². The number of ether oxygens (including phenoxy) is 1. The topological polar surface area (TPSA) is 98.1 Å². The van der Waals surface area contributed by atoms with E-state index in [4.69, 9.17) is 4.74 Å². The van der Waals surface area contributed by atoms with Gasteiger partial charge in [-0.25, -0.2) is 9.97 Å². The Balaban J connectivity index is 2.09. The van der Waals surface area contributed by atoms with E-state index in [-0.39, 0.29) is 11.8 Å². The summed E-state index contributed by atoms with van der Waals surface area (Å²) in [5.41, 5.74) is 0. The van der Waals surface area contributed by atoms with E-state index in [1.165, 1.54) is 38.5 Å². The molecule has 0 bridgehead atoms. The number of rotatable bonds is 13. The zero-order chi connectivity index (χ0) is 17.8. The van der Waals surface area contributed by atoms with E-state index >= 15 is 0 Å². The molecule has 1 aromatic rings. The Bertz CT molecular complexity index is 502. The van der Waals surface area contributed by atoms with Crippen molar-refractivity contribution in [3.8, 4) is 0 Å². The number of esters is 1. The van der Waals surface area contributed by atoms with Gasteiger partial charge in [-0.15, -0.1) is 0 Å². The lowest BCUT2D eigenvalue weighted by molar-refractivity contribution is -0.389. The minimum Gasteiger partial charge on any atom is -0.452 e. The Morgan fingerprint density at radius 1 is 1.21 bits per heavy atom. The molecule has 0 aromatic carbocycles. The number of hydrogen-bond donors (Lipinski definition) is 1. The van der Waals surface area contributed by atoms with E-state index in [9.17, 15) is 14.9 Å². The van der Waals surface area contributed by atoms with Crippen LogP contribution >= 0.6 is 0 Å². The summed E-state index contributed by atoms with van der Waals surface area (Å²) in [6, 6.07) is 0. The number of aromatic nitrogens is 2. The predicted octanol–water partition coefficient (Wildman–Crippen LogP) is 4.84. The van der Waals surface area contributed by atoms with Crippen molar-refractivity contribution in [3.63, 3.8) is 0 Å². The van der Waals surface area contributed by atoms with Crippen LogP contribution in [0.2, 0.25) is 0 Å². The smallest absolute Gasteiger partial charge is 0.340 e. The van der Waals surface area contributed by atoms with Gasteiger partial charge in [0.05, 0.1) is 0 Å². The summed E-state index contributed by atoms with van der Waals surface area (Å²) >= 11 is 0. The average molecular weight is 339 g/mol. The molecule has 1 aromatic heterocycles. The first-order valence-corrected chi connectivity index (χ1v) is 8.93. The van der Waals surface area contributed by atoms with Crippen LogP contribution in [0, 0.1) is 10.1 Å². The maximum absolute atomic E-state index is 11.8. The molecule has 7 heteroatoms. The SMILES string of the molecule is CCCCCCCCCCCC(=O)OC(C)c1ncc([N+](=O)[O-])[nH]1. The van der Waals surface area contributed by atoms with Crippen LogP contribution in [-0.2, 0) is 9.53 Å². The van der Waals surface area contributed by atoms with Gasteiger partial charge in [0, 0.05) is 6.42 Å². The zero-order valence-corrected chi connectivity index (χ0v) is 14.8. The average Bonchev–Trinajstić information content (AvgIpc) is 3.03. The molecule has 0 aliphatic carbocycles. The fourth-order valence-corrected chi connectivity index (χ4v) is 2.52. The van der Waals surface area contributed by atoms with Crippen molar-refractivity contribution in [3.05, 3.63) is 22.1 Å². The van der Waals surface area contributed by atoms with Gasteiger partial charge in [-0.05, 0) is 18.3 Å². The lowest BCUT2D eigenvalue weighted by Crippen LogP contribution is -2.10. The fourth-order valence-electron chi connectivity index (χ4n) is 2.52. The van der Waals surface area contributed by atoms with Crippen LogP contribution in [0.15, 0.2) is 6.20 Å². The lowest BCUT2D eigenvalue weighted by atomic mass is 10.1. The maximum atomic E-state index is 11.8. The Morgan fingerprint density at radius 2 is 1.79 bits per heavy atom. The van der Waals surface area contributed by atoms with Crippen LogP contribution in [0.25, 0.3) is 0 Å². The Labute approximate surface area is 143 Å². The summed E-state index contributed by atoms with van der Waals surface area (Å²) in [5, 5.41) is 10.6. The highest BCUT2D eigenvalue weighted by Gasteiger charge is 2.19. The van der Waals surface area contributed by atoms with E-state index in [2.05, 4.69) is 16.9 Å². The number of aromatic amines is 1. The van der Waals surface area contributed by atoms with Gasteiger partial charge in [0.15, 0.2) is 6.10 Å². The quantitative estimate of drug-likeness (QED) is 0.240. The molecule has 0 aliphatic rings. The zero-order valence-electron chi connectivity index (χ0n) is 14.8. The lowest BCUT2D eigenvalue weighted by Gasteiger charge is -2.09. The van der Waals surface area contributed by atoms with Crippen molar-refractivity contribution in [1.29, 1.82) is 0 Å². The predicted molar refractivity (Wildman–Crippen MR) is 91.6 cm³/mol. The van der Waals surface area contributed by atoms with Crippen LogP contribution in [0.5, 0.6) is 0 Å². The second kappa shape index (κ2) is 11.6. The normalized spacial score (nSPS) is 12.1. The van der Waals surface area contributed by atoms with Gasteiger partial charge in [-0.1, -0.05) is 58.3 Å². The monoisotopic (exact) mass is 339 g/mol. The molecule has 0 spiro atoms. The highest BCUT2D eigenvalue weighted by molar-refractivity contribution is 5.69. The highest BCUT2D eigenvalue weighted by atomic mass is 16.6. The van der Waals surface area contributed by atoms with Crippen LogP contribution < -0.4 is 0 Å². The third kappa shape index (κ3) is 8.08. The Morgan fingerprint density at radius 3 is 2.33 bits per heavy atom. The van der Waals surface area contributed by atoms with Crippen molar-refractivity contribution in [2.75, 3.05) is 0 Å². The third-order valence-electron chi connectivity index (χ3n) is 3.96. The van der Waals surface area contributed by atoms with Gasteiger partial charge in [0.2, 0.25) is 5.82 Å². The van der Waals surface area contributed by atoms with Gasteiger partial charge in [-0.3, -0.25) is 4.79 Å². The third-order valence-corrected chi connectivity index (χ3v) is 3.96. The molecule has 0 amide bonds. The molecule has 1 unspecified atom stereocenters. The highest BCUT2D eigenvalue weighted by Crippen LogP contribution is 2.18. The van der Waals surface area contributed by atoms with Crippen LogP contribution in [0.4, 0.5) is 5.82 Å². The molecule has 0 saturated heterocycles. The van der Waals surface area contributed by atoms with Crippen molar-refractivity contribution < 1.29 is 14.5 Å². The van der Waals surface area contributed by atoms with Gasteiger partial charge in [0.25, 0.3) is 0 Å². The first-order chi connectivity index (χ1) is 11.5. The molecular weight excluding hydrogens is 310 g/mol. The van der Waals surface area contributed by atoms with Gasteiger partial charge in [0.1, 0.15) is 6.20 Å². The fraction of sp³-hybridized carbons (Fsp3) is 0.765.